The van der Waals surface area contributed by atoms with Crippen molar-refractivity contribution >= 4 is 0 Å². The van der Waals surface area contributed by atoms with Crippen molar-refractivity contribution in [2.45, 2.75) is 85.5 Å². The van der Waals surface area contributed by atoms with E-state index in [-0.39, 0.29) is 5.41 Å². The lowest BCUT2D eigenvalue weighted by Gasteiger charge is -2.38. The molecule has 104 valence electrons. The molecule has 0 rings (SSSR count). The van der Waals surface area contributed by atoms with Crippen LogP contribution in [0.2, 0.25) is 0 Å². The van der Waals surface area contributed by atoms with Crippen molar-refractivity contribution in [3.63, 3.8) is 0 Å². The highest BCUT2D eigenvalue weighted by Crippen LogP contribution is 2.34. The van der Waals surface area contributed by atoms with Crippen molar-refractivity contribution in [1.29, 1.82) is 0 Å². The Morgan fingerprint density at radius 1 is 0.882 bits per heavy atom. The summed E-state index contributed by atoms with van der Waals surface area (Å²) in [7, 11) is 0. The van der Waals surface area contributed by atoms with Crippen molar-refractivity contribution in [3.05, 3.63) is 0 Å². The largest absolute Gasteiger partial charge is 0.363 e. The van der Waals surface area contributed by atoms with Crippen LogP contribution in [0.25, 0.3) is 0 Å². The lowest BCUT2D eigenvalue weighted by Crippen LogP contribution is -2.42. The fraction of sp³-hybridized carbons (Fsp3) is 1.00. The van der Waals surface area contributed by atoms with Crippen LogP contribution in [0.5, 0.6) is 0 Å². The second-order valence-electron chi connectivity index (χ2n) is 6.56. The van der Waals surface area contributed by atoms with Gasteiger partial charge in [0.1, 0.15) is 5.60 Å². The zero-order valence-electron chi connectivity index (χ0n) is 12.6. The van der Waals surface area contributed by atoms with Crippen LogP contribution in [0, 0.1) is 5.41 Å². The summed E-state index contributed by atoms with van der Waals surface area (Å²) in [5.41, 5.74) is -0.492. The molecule has 3 heteroatoms. The Hall–Kier alpha value is -0.120. The van der Waals surface area contributed by atoms with E-state index in [0.717, 1.165) is 19.3 Å². The van der Waals surface area contributed by atoms with Crippen LogP contribution in [0.3, 0.4) is 0 Å². The molecule has 1 unspecified atom stereocenters. The second kappa shape index (κ2) is 6.17. The fourth-order valence-corrected chi connectivity index (χ4v) is 1.06. The minimum Gasteiger partial charge on any atom is -0.363 e. The molecule has 0 saturated heterocycles. The Morgan fingerprint density at radius 3 is 1.82 bits per heavy atom. The predicted molar refractivity (Wildman–Crippen MR) is 70.5 cm³/mol. The summed E-state index contributed by atoms with van der Waals surface area (Å²) in [4.78, 5) is 10.7. The van der Waals surface area contributed by atoms with Crippen LogP contribution in [-0.4, -0.2) is 16.5 Å². The van der Waals surface area contributed by atoms with Gasteiger partial charge in [-0.3, -0.25) is 0 Å². The van der Waals surface area contributed by atoms with Gasteiger partial charge in [0, 0.05) is 6.42 Å². The Morgan fingerprint density at radius 2 is 1.41 bits per heavy atom. The summed E-state index contributed by atoms with van der Waals surface area (Å²) < 4.78 is 0. The smallest absolute Gasteiger partial charge is 0.196 e. The minimum atomic E-state index is -1.20. The SMILES string of the molecule is CCCCCC(C)(O)OOC(C)(C)C(C)(C)C. The van der Waals surface area contributed by atoms with Gasteiger partial charge >= 0.3 is 0 Å². The van der Waals surface area contributed by atoms with Gasteiger partial charge in [-0.05, 0) is 32.6 Å². The molecule has 0 aromatic rings. The van der Waals surface area contributed by atoms with Gasteiger partial charge in [0.2, 0.25) is 0 Å². The van der Waals surface area contributed by atoms with Crippen molar-refractivity contribution in [1.82, 2.24) is 0 Å². The summed E-state index contributed by atoms with van der Waals surface area (Å²) in [5, 5.41) is 10.0. The van der Waals surface area contributed by atoms with Crippen molar-refractivity contribution < 1.29 is 14.9 Å². The maximum atomic E-state index is 10.0. The van der Waals surface area contributed by atoms with Crippen LogP contribution in [0.4, 0.5) is 0 Å². The lowest BCUT2D eigenvalue weighted by molar-refractivity contribution is -0.462. The molecule has 0 heterocycles. The molecule has 0 aliphatic carbocycles. The van der Waals surface area contributed by atoms with E-state index in [4.69, 9.17) is 9.78 Å². The molecule has 0 radical (unpaired) electrons. The zero-order chi connectivity index (χ0) is 13.7. The first-order chi connectivity index (χ1) is 7.52. The molecule has 0 fully saturated rings. The average Bonchev–Trinajstić information content (AvgIpc) is 2.14. The van der Waals surface area contributed by atoms with Gasteiger partial charge in [-0.15, -0.1) is 0 Å². The van der Waals surface area contributed by atoms with Crippen LogP contribution >= 0.6 is 0 Å². The standard InChI is InChI=1S/C14H30O3/c1-8-9-10-11-14(7,15)17-16-13(5,6)12(2,3)4/h15H,8-11H2,1-7H3. The van der Waals surface area contributed by atoms with E-state index < -0.39 is 11.4 Å². The molecule has 0 aliphatic rings. The summed E-state index contributed by atoms with van der Waals surface area (Å²) in [6.45, 7) is 14.0. The number of hydrogen-bond donors (Lipinski definition) is 1. The molecule has 1 atom stereocenters. The summed E-state index contributed by atoms with van der Waals surface area (Å²) in [6.07, 6.45) is 3.77. The summed E-state index contributed by atoms with van der Waals surface area (Å²) in [6, 6.07) is 0. The molecule has 0 bridgehead atoms. The van der Waals surface area contributed by atoms with E-state index in [2.05, 4.69) is 27.7 Å². The lowest BCUT2D eigenvalue weighted by atomic mass is 9.79. The first kappa shape index (κ1) is 16.9. The molecule has 0 aliphatic heterocycles. The molecule has 17 heavy (non-hydrogen) atoms. The molecule has 0 amide bonds. The van der Waals surface area contributed by atoms with Crippen LogP contribution < -0.4 is 0 Å². The normalized spacial score (nSPS) is 16.9. The number of unbranched alkanes of at least 4 members (excludes halogenated alkanes) is 2. The van der Waals surface area contributed by atoms with Gasteiger partial charge in [0.05, 0.1) is 0 Å². The van der Waals surface area contributed by atoms with Crippen LogP contribution in [-0.2, 0) is 9.78 Å². The Labute approximate surface area is 106 Å². The maximum Gasteiger partial charge on any atom is 0.196 e. The number of rotatable bonds is 7. The molecule has 3 nitrogen and oxygen atoms in total. The van der Waals surface area contributed by atoms with Crippen molar-refractivity contribution in [2.24, 2.45) is 5.41 Å². The minimum absolute atomic E-state index is 0.0491. The van der Waals surface area contributed by atoms with Crippen LogP contribution in [0.15, 0.2) is 0 Å². The number of hydrogen-bond acceptors (Lipinski definition) is 3. The van der Waals surface area contributed by atoms with Crippen LogP contribution in [0.1, 0.15) is 74.1 Å². The van der Waals surface area contributed by atoms with Gasteiger partial charge in [0.25, 0.3) is 0 Å². The van der Waals surface area contributed by atoms with Gasteiger partial charge in [-0.25, -0.2) is 9.78 Å². The Balaban J connectivity index is 4.17. The van der Waals surface area contributed by atoms with E-state index in [1.54, 1.807) is 6.92 Å². The average molecular weight is 246 g/mol. The fourth-order valence-electron chi connectivity index (χ4n) is 1.06. The first-order valence-corrected chi connectivity index (χ1v) is 6.61. The molecule has 0 spiro atoms. The van der Waals surface area contributed by atoms with Gasteiger partial charge < -0.3 is 5.11 Å². The molecule has 0 saturated carbocycles. The third-order valence-electron chi connectivity index (χ3n) is 3.48. The third-order valence-corrected chi connectivity index (χ3v) is 3.48. The van der Waals surface area contributed by atoms with Gasteiger partial charge in [0.15, 0.2) is 5.79 Å². The third kappa shape index (κ3) is 6.39. The van der Waals surface area contributed by atoms with Crippen molar-refractivity contribution in [2.75, 3.05) is 0 Å². The molecular formula is C14H30O3. The van der Waals surface area contributed by atoms with E-state index in [0.29, 0.717) is 6.42 Å². The van der Waals surface area contributed by atoms with Gasteiger partial charge in [-0.1, -0.05) is 40.5 Å². The highest BCUT2D eigenvalue weighted by molar-refractivity contribution is 4.82. The van der Waals surface area contributed by atoms with E-state index in [9.17, 15) is 5.11 Å². The summed E-state index contributed by atoms with van der Waals surface area (Å²) >= 11 is 0. The highest BCUT2D eigenvalue weighted by atomic mass is 17.2. The Bertz CT molecular complexity index is 214. The highest BCUT2D eigenvalue weighted by Gasteiger charge is 2.37. The van der Waals surface area contributed by atoms with Crippen molar-refractivity contribution in [3.8, 4) is 0 Å². The quantitative estimate of drug-likeness (QED) is 0.319. The van der Waals surface area contributed by atoms with E-state index in [1.165, 1.54) is 0 Å². The first-order valence-electron chi connectivity index (χ1n) is 6.61. The molecular weight excluding hydrogens is 216 g/mol. The van der Waals surface area contributed by atoms with Gasteiger partial charge in [-0.2, -0.15) is 0 Å². The second-order valence-corrected chi connectivity index (χ2v) is 6.56. The number of aliphatic hydroxyl groups is 1. The zero-order valence-corrected chi connectivity index (χ0v) is 12.6. The topological polar surface area (TPSA) is 38.7 Å². The Kier molecular flexibility index (Phi) is 6.12. The maximum absolute atomic E-state index is 10.0. The van der Waals surface area contributed by atoms with E-state index >= 15 is 0 Å². The summed E-state index contributed by atoms with van der Waals surface area (Å²) in [5.74, 6) is -1.20. The molecule has 0 aromatic heterocycles. The predicted octanol–water partition coefficient (Wildman–Crippen LogP) is 4.05. The van der Waals surface area contributed by atoms with E-state index in [1.807, 2.05) is 13.8 Å². The molecule has 1 N–H and O–H groups in total. The monoisotopic (exact) mass is 246 g/mol. The molecule has 0 aromatic carbocycles.